The summed E-state index contributed by atoms with van der Waals surface area (Å²) >= 11 is 0. The molecule has 3 rings (SSSR count). The maximum absolute atomic E-state index is 12.6. The van der Waals surface area contributed by atoms with E-state index in [4.69, 9.17) is 4.74 Å². The summed E-state index contributed by atoms with van der Waals surface area (Å²) < 4.78 is 5.44. The number of fused-ring (bicyclic) bond motifs is 1. The largest absolute Gasteiger partial charge is 0.444 e. The molecule has 2 atom stereocenters. The molecule has 27 heavy (non-hydrogen) atoms. The molecule has 2 amide bonds. The fourth-order valence-corrected chi connectivity index (χ4v) is 3.97. The lowest BCUT2D eigenvalue weighted by Crippen LogP contribution is -2.49. The van der Waals surface area contributed by atoms with E-state index in [9.17, 15) is 9.59 Å². The number of likely N-dealkylation sites (tertiary alicyclic amines) is 1. The molecule has 0 saturated carbocycles. The molecule has 2 aliphatic heterocycles. The van der Waals surface area contributed by atoms with Crippen molar-refractivity contribution in [1.82, 2.24) is 10.2 Å². The van der Waals surface area contributed by atoms with Crippen molar-refractivity contribution in [2.75, 3.05) is 24.5 Å². The molecule has 1 fully saturated rings. The van der Waals surface area contributed by atoms with Crippen molar-refractivity contribution < 1.29 is 14.3 Å². The lowest BCUT2D eigenvalue weighted by molar-refractivity contribution is -0.125. The van der Waals surface area contributed by atoms with Crippen LogP contribution in [0.25, 0.3) is 0 Å². The molecule has 1 aromatic carbocycles. The van der Waals surface area contributed by atoms with Gasteiger partial charge in [0.05, 0.1) is 0 Å². The van der Waals surface area contributed by atoms with Crippen LogP contribution in [0.3, 0.4) is 0 Å². The first-order valence-corrected chi connectivity index (χ1v) is 9.88. The van der Waals surface area contributed by atoms with Crippen LogP contribution in [0.4, 0.5) is 10.5 Å². The van der Waals surface area contributed by atoms with E-state index in [1.807, 2.05) is 20.8 Å². The van der Waals surface area contributed by atoms with Gasteiger partial charge in [-0.15, -0.1) is 0 Å². The molecule has 0 radical (unpaired) electrons. The number of carbonyl (C=O) groups excluding carboxylic acids is 2. The Morgan fingerprint density at radius 2 is 2.00 bits per heavy atom. The molecular weight excluding hydrogens is 342 g/mol. The SMILES string of the molecule is CC1Cc2ccccc2N1CCNC(=O)[C@@H]1CCCN1C(=O)OC(C)(C)C. The summed E-state index contributed by atoms with van der Waals surface area (Å²) in [7, 11) is 0. The van der Waals surface area contributed by atoms with Crippen molar-refractivity contribution in [1.29, 1.82) is 0 Å². The number of benzene rings is 1. The molecule has 1 N–H and O–H groups in total. The normalized spacial score (nSPS) is 21.9. The van der Waals surface area contributed by atoms with Crippen molar-refractivity contribution >= 4 is 17.7 Å². The van der Waals surface area contributed by atoms with Crippen molar-refractivity contribution in [3.8, 4) is 0 Å². The fraction of sp³-hybridized carbons (Fsp3) is 0.619. The van der Waals surface area contributed by atoms with Gasteiger partial charge in [0.2, 0.25) is 5.91 Å². The highest BCUT2D eigenvalue weighted by atomic mass is 16.6. The maximum Gasteiger partial charge on any atom is 0.410 e. The summed E-state index contributed by atoms with van der Waals surface area (Å²) in [5.41, 5.74) is 2.07. The highest BCUT2D eigenvalue weighted by molar-refractivity contribution is 5.86. The van der Waals surface area contributed by atoms with Gasteiger partial charge in [0.15, 0.2) is 0 Å². The van der Waals surface area contributed by atoms with Gasteiger partial charge in [-0.05, 0) is 58.6 Å². The first-order valence-electron chi connectivity index (χ1n) is 9.88. The molecule has 0 spiro atoms. The van der Waals surface area contributed by atoms with Crippen LogP contribution in [0, 0.1) is 0 Å². The standard InChI is InChI=1S/C21H31N3O3/c1-15-14-16-8-5-6-9-17(16)23(15)13-11-22-19(25)18-10-7-12-24(18)20(26)27-21(2,3)4/h5-6,8-9,15,18H,7,10-14H2,1-4H3,(H,22,25)/t15?,18-/m0/s1. The van der Waals surface area contributed by atoms with Crippen LogP contribution < -0.4 is 10.2 Å². The highest BCUT2D eigenvalue weighted by Gasteiger charge is 2.36. The Hall–Kier alpha value is -2.24. The number of para-hydroxylation sites is 1. The number of ether oxygens (including phenoxy) is 1. The Morgan fingerprint density at radius 3 is 2.74 bits per heavy atom. The molecule has 0 bridgehead atoms. The Balaban J connectivity index is 1.53. The number of amides is 2. The number of nitrogens with zero attached hydrogens (tertiary/aromatic N) is 2. The average Bonchev–Trinajstić information content (AvgIpc) is 3.18. The second kappa shape index (κ2) is 7.79. The molecule has 0 aliphatic carbocycles. The van der Waals surface area contributed by atoms with Crippen LogP contribution in [-0.4, -0.2) is 54.2 Å². The predicted molar refractivity (Wildman–Crippen MR) is 106 cm³/mol. The van der Waals surface area contributed by atoms with Crippen LogP contribution >= 0.6 is 0 Å². The lowest BCUT2D eigenvalue weighted by atomic mass is 10.1. The summed E-state index contributed by atoms with van der Waals surface area (Å²) in [6.45, 7) is 9.63. The van der Waals surface area contributed by atoms with Gasteiger partial charge in [-0.25, -0.2) is 4.79 Å². The Morgan fingerprint density at radius 1 is 1.26 bits per heavy atom. The smallest absolute Gasteiger partial charge is 0.410 e. The molecule has 148 valence electrons. The van der Waals surface area contributed by atoms with Gasteiger partial charge in [0, 0.05) is 31.4 Å². The minimum atomic E-state index is -0.556. The molecule has 1 aromatic rings. The summed E-state index contributed by atoms with van der Waals surface area (Å²) in [5, 5.41) is 3.02. The summed E-state index contributed by atoms with van der Waals surface area (Å²) in [5.74, 6) is -0.0847. The number of rotatable bonds is 4. The fourth-order valence-electron chi connectivity index (χ4n) is 3.97. The van der Waals surface area contributed by atoms with Crippen LogP contribution in [0.15, 0.2) is 24.3 Å². The van der Waals surface area contributed by atoms with Crippen LogP contribution in [0.5, 0.6) is 0 Å². The molecule has 2 aliphatic rings. The first kappa shape index (κ1) is 19.5. The zero-order chi connectivity index (χ0) is 19.6. The highest BCUT2D eigenvalue weighted by Crippen LogP contribution is 2.31. The maximum atomic E-state index is 12.6. The first-order chi connectivity index (χ1) is 12.8. The third kappa shape index (κ3) is 4.54. The molecule has 2 heterocycles. The average molecular weight is 373 g/mol. The molecule has 1 unspecified atom stereocenters. The Kier molecular flexibility index (Phi) is 5.63. The van der Waals surface area contributed by atoms with Crippen molar-refractivity contribution in [2.45, 2.75) is 64.6 Å². The third-order valence-electron chi connectivity index (χ3n) is 5.18. The summed E-state index contributed by atoms with van der Waals surface area (Å²) in [6.07, 6.45) is 2.16. The van der Waals surface area contributed by atoms with Gasteiger partial charge in [-0.1, -0.05) is 18.2 Å². The second-order valence-electron chi connectivity index (χ2n) is 8.50. The summed E-state index contributed by atoms with van der Waals surface area (Å²) in [4.78, 5) is 28.9. The molecule has 6 nitrogen and oxygen atoms in total. The van der Waals surface area contributed by atoms with Gasteiger partial charge in [-0.3, -0.25) is 9.69 Å². The monoisotopic (exact) mass is 373 g/mol. The molecule has 1 saturated heterocycles. The van der Waals surface area contributed by atoms with E-state index in [0.717, 1.165) is 19.4 Å². The van der Waals surface area contributed by atoms with Gasteiger partial charge in [0.1, 0.15) is 11.6 Å². The third-order valence-corrected chi connectivity index (χ3v) is 5.18. The zero-order valence-electron chi connectivity index (χ0n) is 16.8. The lowest BCUT2D eigenvalue weighted by Gasteiger charge is -2.29. The van der Waals surface area contributed by atoms with Gasteiger partial charge in [-0.2, -0.15) is 0 Å². The van der Waals surface area contributed by atoms with E-state index < -0.39 is 17.7 Å². The minimum Gasteiger partial charge on any atom is -0.444 e. The topological polar surface area (TPSA) is 61.9 Å². The van der Waals surface area contributed by atoms with E-state index in [2.05, 4.69) is 41.4 Å². The molecular formula is C21H31N3O3. The van der Waals surface area contributed by atoms with Crippen LogP contribution in [-0.2, 0) is 16.0 Å². The quantitative estimate of drug-likeness (QED) is 0.881. The number of anilines is 1. The Bertz CT molecular complexity index is 698. The Labute approximate surface area is 161 Å². The van der Waals surface area contributed by atoms with Crippen LogP contribution in [0.2, 0.25) is 0 Å². The van der Waals surface area contributed by atoms with Crippen molar-refractivity contribution in [2.24, 2.45) is 0 Å². The van der Waals surface area contributed by atoms with E-state index in [1.165, 1.54) is 11.3 Å². The van der Waals surface area contributed by atoms with E-state index in [1.54, 1.807) is 4.90 Å². The van der Waals surface area contributed by atoms with Gasteiger partial charge < -0.3 is 15.0 Å². The molecule has 0 aromatic heterocycles. The second-order valence-corrected chi connectivity index (χ2v) is 8.50. The van der Waals surface area contributed by atoms with Gasteiger partial charge in [0.25, 0.3) is 0 Å². The summed E-state index contributed by atoms with van der Waals surface area (Å²) in [6, 6.07) is 8.44. The van der Waals surface area contributed by atoms with E-state index in [-0.39, 0.29) is 5.91 Å². The predicted octanol–water partition coefficient (Wildman–Crippen LogP) is 2.95. The van der Waals surface area contributed by atoms with E-state index in [0.29, 0.717) is 25.6 Å². The van der Waals surface area contributed by atoms with Crippen LogP contribution in [0.1, 0.15) is 46.1 Å². The van der Waals surface area contributed by atoms with Crippen molar-refractivity contribution in [3.05, 3.63) is 29.8 Å². The number of hydrogen-bond donors (Lipinski definition) is 1. The molecule has 6 heteroatoms. The van der Waals surface area contributed by atoms with Gasteiger partial charge >= 0.3 is 6.09 Å². The number of carbonyl (C=O) groups is 2. The number of hydrogen-bond acceptors (Lipinski definition) is 4. The minimum absolute atomic E-state index is 0.0847. The zero-order valence-corrected chi connectivity index (χ0v) is 16.8. The van der Waals surface area contributed by atoms with E-state index >= 15 is 0 Å². The van der Waals surface area contributed by atoms with Crippen molar-refractivity contribution in [3.63, 3.8) is 0 Å². The number of nitrogens with one attached hydrogen (secondary N) is 1.